The lowest BCUT2D eigenvalue weighted by molar-refractivity contribution is 0.102. The zero-order valence-electron chi connectivity index (χ0n) is 13.9. The highest BCUT2D eigenvalue weighted by Crippen LogP contribution is 2.23. The van der Waals surface area contributed by atoms with Gasteiger partial charge >= 0.3 is 0 Å². The van der Waals surface area contributed by atoms with Crippen LogP contribution in [0.5, 0.6) is 11.5 Å². The van der Waals surface area contributed by atoms with Crippen molar-refractivity contribution in [2.75, 3.05) is 20.0 Å². The molecule has 0 bridgehead atoms. The summed E-state index contributed by atoms with van der Waals surface area (Å²) in [6, 6.07) is 14.7. The van der Waals surface area contributed by atoms with Crippen molar-refractivity contribution in [1.82, 2.24) is 14.8 Å². The van der Waals surface area contributed by atoms with Crippen LogP contribution in [0.2, 0.25) is 0 Å². The monoisotopic (exact) mass is 355 g/mol. The first-order valence-electron chi connectivity index (χ1n) is 7.56. The van der Waals surface area contributed by atoms with Crippen LogP contribution in [0.15, 0.2) is 60.0 Å². The zero-order valence-corrected chi connectivity index (χ0v) is 14.7. The lowest BCUT2D eigenvalue weighted by atomic mass is 10.1. The average molecular weight is 355 g/mol. The van der Waals surface area contributed by atoms with Gasteiger partial charge < -0.3 is 9.47 Å². The van der Waals surface area contributed by atoms with E-state index in [1.165, 1.54) is 11.8 Å². The number of carbonyl (C=O) groups excluding carboxylic acids is 1. The van der Waals surface area contributed by atoms with E-state index in [1.807, 2.05) is 34.9 Å². The normalized spacial score (nSPS) is 10.5. The molecule has 128 valence electrons. The number of nitrogens with zero attached hydrogens (tertiary/aromatic N) is 3. The van der Waals surface area contributed by atoms with Crippen LogP contribution in [0.4, 0.5) is 0 Å². The molecule has 0 fully saturated rings. The predicted octanol–water partition coefficient (Wildman–Crippen LogP) is 3.26. The zero-order chi connectivity index (χ0) is 17.6. The molecular weight excluding hydrogens is 338 g/mol. The minimum absolute atomic E-state index is 0.00379. The third-order valence-electron chi connectivity index (χ3n) is 3.57. The van der Waals surface area contributed by atoms with Crippen LogP contribution < -0.4 is 9.47 Å². The molecule has 0 amide bonds. The molecule has 0 aliphatic heterocycles. The van der Waals surface area contributed by atoms with Crippen molar-refractivity contribution in [2.24, 2.45) is 0 Å². The fourth-order valence-electron chi connectivity index (χ4n) is 2.27. The second-order valence-corrected chi connectivity index (χ2v) is 6.07. The van der Waals surface area contributed by atoms with E-state index in [-0.39, 0.29) is 11.5 Å². The molecule has 3 aromatic rings. The van der Waals surface area contributed by atoms with Crippen LogP contribution in [0, 0.1) is 0 Å². The second kappa shape index (κ2) is 7.85. The first kappa shape index (κ1) is 17.0. The van der Waals surface area contributed by atoms with Crippen molar-refractivity contribution in [3.8, 4) is 17.2 Å². The highest BCUT2D eigenvalue weighted by atomic mass is 32.2. The van der Waals surface area contributed by atoms with Crippen molar-refractivity contribution in [3.05, 3.63) is 60.4 Å². The number of methoxy groups -OCH3 is 2. The second-order valence-electron chi connectivity index (χ2n) is 5.13. The smallest absolute Gasteiger partial charge is 0.196 e. The number of benzene rings is 2. The Morgan fingerprint density at radius 3 is 2.56 bits per heavy atom. The topological polar surface area (TPSA) is 66.2 Å². The summed E-state index contributed by atoms with van der Waals surface area (Å²) in [6.45, 7) is 0. The Kier molecular flexibility index (Phi) is 5.35. The molecule has 0 unspecified atom stereocenters. The number of carbonyl (C=O) groups is 1. The fraction of sp³-hybridized carbons (Fsp3) is 0.167. The summed E-state index contributed by atoms with van der Waals surface area (Å²) < 4.78 is 12.2. The maximum absolute atomic E-state index is 12.4. The van der Waals surface area contributed by atoms with Gasteiger partial charge in [0.2, 0.25) is 0 Å². The van der Waals surface area contributed by atoms with Gasteiger partial charge in [-0.25, -0.2) is 0 Å². The minimum atomic E-state index is 0.00379. The van der Waals surface area contributed by atoms with E-state index in [0.29, 0.717) is 16.5 Å². The molecule has 7 heteroatoms. The maximum Gasteiger partial charge on any atom is 0.196 e. The quantitative estimate of drug-likeness (QED) is 0.479. The third-order valence-corrected chi connectivity index (χ3v) is 4.52. The first-order chi connectivity index (χ1) is 12.2. The van der Waals surface area contributed by atoms with Crippen LogP contribution in [0.1, 0.15) is 10.4 Å². The van der Waals surface area contributed by atoms with Crippen molar-refractivity contribution in [2.45, 2.75) is 5.16 Å². The van der Waals surface area contributed by atoms with E-state index >= 15 is 0 Å². The van der Waals surface area contributed by atoms with Gasteiger partial charge in [0.15, 0.2) is 10.9 Å². The lowest BCUT2D eigenvalue weighted by Gasteiger charge is -2.08. The van der Waals surface area contributed by atoms with Gasteiger partial charge in [-0.1, -0.05) is 30.0 Å². The highest BCUT2D eigenvalue weighted by Gasteiger charge is 2.12. The summed E-state index contributed by atoms with van der Waals surface area (Å²) in [5.41, 5.74) is 1.49. The van der Waals surface area contributed by atoms with Crippen LogP contribution in [0.25, 0.3) is 5.69 Å². The van der Waals surface area contributed by atoms with Gasteiger partial charge in [0.05, 0.1) is 25.7 Å². The number of ketones is 1. The van der Waals surface area contributed by atoms with Crippen molar-refractivity contribution >= 4 is 17.5 Å². The lowest BCUT2D eigenvalue weighted by Crippen LogP contribution is -2.04. The molecular formula is C18H17N3O3S. The Labute approximate surface area is 149 Å². The molecule has 0 spiro atoms. The van der Waals surface area contributed by atoms with E-state index in [9.17, 15) is 4.79 Å². The fourth-order valence-corrected chi connectivity index (χ4v) is 3.09. The molecule has 0 N–H and O–H groups in total. The standard InChI is InChI=1S/C18H17N3O3S/c1-23-15-7-3-5-13(9-15)17(22)11-25-18-20-19-12-21(18)14-6-4-8-16(10-14)24-2/h3-10,12H,11H2,1-2H3. The van der Waals surface area contributed by atoms with Gasteiger partial charge in [0, 0.05) is 11.6 Å². The number of thioether (sulfide) groups is 1. The number of Topliss-reactive ketones (excluding diaryl/α,β-unsaturated/α-hetero) is 1. The van der Waals surface area contributed by atoms with Crippen molar-refractivity contribution in [1.29, 1.82) is 0 Å². The third kappa shape index (κ3) is 4.00. The Bertz CT molecular complexity index is 879. The number of rotatable bonds is 7. The molecule has 1 heterocycles. The Balaban J connectivity index is 1.74. The average Bonchev–Trinajstić information content (AvgIpc) is 3.14. The summed E-state index contributed by atoms with van der Waals surface area (Å²) in [4.78, 5) is 12.4. The van der Waals surface area contributed by atoms with Crippen LogP contribution in [-0.4, -0.2) is 40.5 Å². The Morgan fingerprint density at radius 2 is 1.80 bits per heavy atom. The Morgan fingerprint density at radius 1 is 1.08 bits per heavy atom. The molecule has 6 nitrogen and oxygen atoms in total. The number of aromatic nitrogens is 3. The van der Waals surface area contributed by atoms with Crippen molar-refractivity contribution in [3.63, 3.8) is 0 Å². The summed E-state index contributed by atoms with van der Waals surface area (Å²) in [5, 5.41) is 8.70. The van der Waals surface area contributed by atoms with Crippen LogP contribution >= 0.6 is 11.8 Å². The van der Waals surface area contributed by atoms with Gasteiger partial charge in [0.1, 0.15) is 17.8 Å². The van der Waals surface area contributed by atoms with Crippen molar-refractivity contribution < 1.29 is 14.3 Å². The summed E-state index contributed by atoms with van der Waals surface area (Å²) in [6.07, 6.45) is 1.62. The highest BCUT2D eigenvalue weighted by molar-refractivity contribution is 7.99. The summed E-state index contributed by atoms with van der Waals surface area (Å²) in [7, 11) is 3.20. The summed E-state index contributed by atoms with van der Waals surface area (Å²) in [5.74, 6) is 1.67. The molecule has 0 radical (unpaired) electrons. The largest absolute Gasteiger partial charge is 0.497 e. The minimum Gasteiger partial charge on any atom is -0.497 e. The SMILES string of the molecule is COc1cccc(C(=O)CSc2nncn2-c2cccc(OC)c2)c1. The van der Waals surface area contributed by atoms with E-state index in [1.54, 1.807) is 38.7 Å². The summed E-state index contributed by atoms with van der Waals surface area (Å²) >= 11 is 1.34. The molecule has 0 aliphatic carbocycles. The van der Waals surface area contributed by atoms with E-state index < -0.39 is 0 Å². The molecule has 1 aromatic heterocycles. The van der Waals surface area contributed by atoms with Gasteiger partial charge in [-0.05, 0) is 24.3 Å². The van der Waals surface area contributed by atoms with E-state index in [0.717, 1.165) is 11.4 Å². The maximum atomic E-state index is 12.4. The first-order valence-corrected chi connectivity index (χ1v) is 8.54. The molecule has 2 aromatic carbocycles. The molecule has 0 saturated carbocycles. The number of hydrogen-bond acceptors (Lipinski definition) is 6. The number of hydrogen-bond donors (Lipinski definition) is 0. The predicted molar refractivity (Wildman–Crippen MR) is 96.0 cm³/mol. The van der Waals surface area contributed by atoms with Gasteiger partial charge in [-0.15, -0.1) is 10.2 Å². The Hall–Kier alpha value is -2.80. The molecule has 0 aliphatic rings. The molecule has 3 rings (SSSR count). The van der Waals surface area contributed by atoms with Crippen LogP contribution in [-0.2, 0) is 0 Å². The molecule has 0 atom stereocenters. The molecule has 25 heavy (non-hydrogen) atoms. The van der Waals surface area contributed by atoms with Gasteiger partial charge in [0.25, 0.3) is 0 Å². The molecule has 0 saturated heterocycles. The number of ether oxygens (including phenoxy) is 2. The van der Waals surface area contributed by atoms with E-state index in [4.69, 9.17) is 9.47 Å². The van der Waals surface area contributed by atoms with E-state index in [2.05, 4.69) is 10.2 Å². The van der Waals surface area contributed by atoms with Gasteiger partial charge in [-0.2, -0.15) is 0 Å². The van der Waals surface area contributed by atoms with Crippen LogP contribution in [0.3, 0.4) is 0 Å². The van der Waals surface area contributed by atoms with Gasteiger partial charge in [-0.3, -0.25) is 9.36 Å².